The maximum absolute atomic E-state index is 11.6. The van der Waals surface area contributed by atoms with E-state index in [-0.39, 0.29) is 6.10 Å². The zero-order valence-corrected chi connectivity index (χ0v) is 18.4. The van der Waals surface area contributed by atoms with Gasteiger partial charge in [0, 0.05) is 34.9 Å². The highest BCUT2D eigenvalue weighted by Crippen LogP contribution is 2.37. The van der Waals surface area contributed by atoms with Crippen molar-refractivity contribution >= 4 is 10.8 Å². The summed E-state index contributed by atoms with van der Waals surface area (Å²) < 4.78 is 17.9. The summed E-state index contributed by atoms with van der Waals surface area (Å²) in [6.45, 7) is 6.55. The normalized spacial score (nSPS) is 21.6. The molecule has 2 heterocycles. The van der Waals surface area contributed by atoms with Gasteiger partial charge in [-0.1, -0.05) is 18.2 Å². The molecule has 0 saturated carbocycles. The maximum Gasteiger partial charge on any atom is 0.123 e. The van der Waals surface area contributed by atoms with E-state index in [1.54, 1.807) is 6.26 Å². The second kappa shape index (κ2) is 8.21. The summed E-state index contributed by atoms with van der Waals surface area (Å²) in [6.07, 6.45) is 5.18. The molecule has 0 aromatic heterocycles. The summed E-state index contributed by atoms with van der Waals surface area (Å²) in [5.41, 5.74) is 2.98. The van der Waals surface area contributed by atoms with E-state index in [0.717, 1.165) is 55.1 Å². The second-order valence-corrected chi connectivity index (χ2v) is 10.5. The minimum Gasteiger partial charge on any atom is -0.490 e. The lowest BCUT2D eigenvalue weighted by molar-refractivity contribution is 0.0143. The van der Waals surface area contributed by atoms with Gasteiger partial charge in [-0.3, -0.25) is 4.21 Å². The van der Waals surface area contributed by atoms with Gasteiger partial charge in [-0.15, -0.1) is 0 Å². The zero-order chi connectivity index (χ0) is 20.6. The molecule has 1 saturated heterocycles. The molecule has 0 bridgehead atoms. The molecule has 0 radical (unpaired) electrons. The van der Waals surface area contributed by atoms with Crippen molar-refractivity contribution in [2.45, 2.75) is 49.7 Å². The number of benzene rings is 2. The average molecular weight is 414 g/mol. The van der Waals surface area contributed by atoms with Crippen LogP contribution in [0.1, 0.15) is 32.3 Å². The number of fused-ring (bicyclic) bond motifs is 1. The van der Waals surface area contributed by atoms with E-state index in [4.69, 9.17) is 4.74 Å². The summed E-state index contributed by atoms with van der Waals surface area (Å²) >= 11 is 0. The standard InChI is InChI=1S/C24H31NO3S/c1-24(2,26)16-25-12-10-18(11-13-25)23-15-20-14-19(6-9-22(20)28-23)17-4-7-21(8-5-17)29(3)27/h4-9,14,18,23,26H,10-13,15-16H2,1-3H3/t23-,29-/m1/s1. The Balaban J connectivity index is 1.40. The maximum atomic E-state index is 11.6. The van der Waals surface area contributed by atoms with E-state index in [2.05, 4.69) is 23.1 Å². The summed E-state index contributed by atoms with van der Waals surface area (Å²) in [5, 5.41) is 10.0. The Labute approximate surface area is 176 Å². The van der Waals surface area contributed by atoms with E-state index in [9.17, 15) is 9.32 Å². The largest absolute Gasteiger partial charge is 0.490 e. The second-order valence-electron chi connectivity index (χ2n) is 9.09. The first-order valence-corrected chi connectivity index (χ1v) is 12.0. The molecule has 2 atom stereocenters. The Hall–Kier alpha value is -1.69. The van der Waals surface area contributed by atoms with Crippen LogP contribution < -0.4 is 4.74 Å². The fourth-order valence-corrected chi connectivity index (χ4v) is 5.11. The van der Waals surface area contributed by atoms with Crippen molar-refractivity contribution in [3.8, 4) is 16.9 Å². The third kappa shape index (κ3) is 4.90. The lowest BCUT2D eigenvalue weighted by Gasteiger charge is -2.36. The lowest BCUT2D eigenvalue weighted by atomic mass is 9.88. The fraction of sp³-hybridized carbons (Fsp3) is 0.500. The number of aliphatic hydroxyl groups is 1. The number of β-amino-alcohol motifs (C(OH)–C–C–N with tert-alkyl or cyclic N) is 1. The van der Waals surface area contributed by atoms with Crippen LogP contribution in [0.2, 0.25) is 0 Å². The summed E-state index contributed by atoms with van der Waals surface area (Å²) in [6, 6.07) is 14.4. The summed E-state index contributed by atoms with van der Waals surface area (Å²) in [7, 11) is -0.947. The topological polar surface area (TPSA) is 49.8 Å². The van der Waals surface area contributed by atoms with Crippen molar-refractivity contribution in [2.24, 2.45) is 5.92 Å². The van der Waals surface area contributed by atoms with Crippen molar-refractivity contribution in [2.75, 3.05) is 25.9 Å². The van der Waals surface area contributed by atoms with Gasteiger partial charge in [0.05, 0.1) is 5.60 Å². The third-order valence-corrected chi connectivity index (χ3v) is 6.98. The molecular weight excluding hydrogens is 382 g/mol. The van der Waals surface area contributed by atoms with E-state index in [1.807, 2.05) is 38.1 Å². The van der Waals surface area contributed by atoms with Gasteiger partial charge in [0.15, 0.2) is 0 Å². The van der Waals surface area contributed by atoms with Gasteiger partial charge in [-0.2, -0.15) is 0 Å². The van der Waals surface area contributed by atoms with Crippen molar-refractivity contribution in [3.05, 3.63) is 48.0 Å². The average Bonchev–Trinajstić information content (AvgIpc) is 3.10. The van der Waals surface area contributed by atoms with Gasteiger partial charge in [0.25, 0.3) is 0 Å². The van der Waals surface area contributed by atoms with Gasteiger partial charge >= 0.3 is 0 Å². The molecule has 2 aromatic rings. The molecule has 1 N–H and O–H groups in total. The predicted octanol–water partition coefficient (Wildman–Crippen LogP) is 3.88. The first-order chi connectivity index (χ1) is 13.8. The van der Waals surface area contributed by atoms with Crippen LogP contribution >= 0.6 is 0 Å². The van der Waals surface area contributed by atoms with Crippen LogP contribution in [0.25, 0.3) is 11.1 Å². The molecule has 1 fully saturated rings. The molecule has 0 unspecified atom stereocenters. The van der Waals surface area contributed by atoms with Gasteiger partial charge in [-0.25, -0.2) is 0 Å². The smallest absolute Gasteiger partial charge is 0.123 e. The lowest BCUT2D eigenvalue weighted by Crippen LogP contribution is -2.45. The molecule has 5 heteroatoms. The molecular formula is C24H31NO3S. The molecule has 2 aromatic carbocycles. The Morgan fingerprint density at radius 3 is 2.38 bits per heavy atom. The van der Waals surface area contributed by atoms with Crippen molar-refractivity contribution < 1.29 is 14.1 Å². The van der Waals surface area contributed by atoms with Crippen molar-refractivity contribution in [1.29, 1.82) is 0 Å². The van der Waals surface area contributed by atoms with Crippen LogP contribution in [-0.4, -0.2) is 51.8 Å². The van der Waals surface area contributed by atoms with Crippen LogP contribution in [-0.2, 0) is 17.2 Å². The Bertz CT molecular complexity index is 880. The van der Waals surface area contributed by atoms with E-state index in [1.165, 1.54) is 11.1 Å². The molecule has 0 amide bonds. The molecule has 2 aliphatic heterocycles. The van der Waals surface area contributed by atoms with Crippen LogP contribution in [0.15, 0.2) is 47.4 Å². The number of hydrogen-bond acceptors (Lipinski definition) is 4. The third-order valence-electron chi connectivity index (χ3n) is 6.05. The molecule has 4 rings (SSSR count). The number of ether oxygens (including phenoxy) is 1. The molecule has 4 nitrogen and oxygen atoms in total. The van der Waals surface area contributed by atoms with Crippen molar-refractivity contribution in [3.63, 3.8) is 0 Å². The first kappa shape index (κ1) is 20.6. The summed E-state index contributed by atoms with van der Waals surface area (Å²) in [4.78, 5) is 3.22. The predicted molar refractivity (Wildman–Crippen MR) is 118 cm³/mol. The highest BCUT2D eigenvalue weighted by atomic mass is 32.2. The van der Waals surface area contributed by atoms with Gasteiger partial charge in [0.2, 0.25) is 0 Å². The SMILES string of the molecule is C[S@@](=O)c1ccc(-c2ccc3c(c2)C[C@H](C2CCN(CC(C)(C)O)CC2)O3)cc1. The van der Waals surface area contributed by atoms with E-state index < -0.39 is 16.4 Å². The minimum atomic E-state index is -0.947. The van der Waals surface area contributed by atoms with E-state index >= 15 is 0 Å². The summed E-state index contributed by atoms with van der Waals surface area (Å²) in [5.74, 6) is 1.59. The molecule has 29 heavy (non-hydrogen) atoms. The Kier molecular flexibility index (Phi) is 5.83. The quantitative estimate of drug-likeness (QED) is 0.808. The Morgan fingerprint density at radius 1 is 1.10 bits per heavy atom. The molecule has 0 aliphatic carbocycles. The number of likely N-dealkylation sites (tertiary alicyclic amines) is 1. The van der Waals surface area contributed by atoms with Crippen LogP contribution in [0.3, 0.4) is 0 Å². The molecule has 0 spiro atoms. The number of rotatable bonds is 5. The Morgan fingerprint density at radius 2 is 1.76 bits per heavy atom. The zero-order valence-electron chi connectivity index (χ0n) is 17.6. The minimum absolute atomic E-state index is 0.259. The van der Waals surface area contributed by atoms with Crippen LogP contribution in [0.5, 0.6) is 5.75 Å². The monoisotopic (exact) mass is 413 g/mol. The molecule has 2 aliphatic rings. The number of hydrogen-bond donors (Lipinski definition) is 1. The highest BCUT2D eigenvalue weighted by Gasteiger charge is 2.33. The molecule has 156 valence electrons. The highest BCUT2D eigenvalue weighted by molar-refractivity contribution is 7.84. The van der Waals surface area contributed by atoms with E-state index in [0.29, 0.717) is 5.92 Å². The fourth-order valence-electron chi connectivity index (χ4n) is 4.59. The van der Waals surface area contributed by atoms with Crippen LogP contribution in [0, 0.1) is 5.92 Å². The van der Waals surface area contributed by atoms with Gasteiger partial charge in [0.1, 0.15) is 11.9 Å². The van der Waals surface area contributed by atoms with Crippen molar-refractivity contribution in [1.82, 2.24) is 4.90 Å². The van der Waals surface area contributed by atoms with Gasteiger partial charge in [-0.05, 0) is 86.7 Å². The number of piperidine rings is 1. The first-order valence-electron chi connectivity index (χ1n) is 10.5. The van der Waals surface area contributed by atoms with Crippen LogP contribution in [0.4, 0.5) is 0 Å². The van der Waals surface area contributed by atoms with Gasteiger partial charge < -0.3 is 14.7 Å². The number of nitrogens with zero attached hydrogens (tertiary/aromatic N) is 1.